The summed E-state index contributed by atoms with van der Waals surface area (Å²) < 4.78 is 7.52. The summed E-state index contributed by atoms with van der Waals surface area (Å²) in [7, 11) is 0. The van der Waals surface area contributed by atoms with Crippen LogP contribution in [0.1, 0.15) is 59.3 Å². The molecule has 0 saturated carbocycles. The zero-order valence-electron chi connectivity index (χ0n) is 21.2. The number of ether oxygens (including phenoxy) is 1. The molecule has 2 aliphatic heterocycles. The number of hydrogen-bond donors (Lipinski definition) is 1. The zero-order chi connectivity index (χ0) is 25.0. The van der Waals surface area contributed by atoms with E-state index >= 15 is 0 Å². The Morgan fingerprint density at radius 2 is 1.89 bits per heavy atom. The third-order valence-electron chi connectivity index (χ3n) is 6.75. The van der Waals surface area contributed by atoms with E-state index < -0.39 is 5.60 Å². The number of nitro groups is 1. The van der Waals surface area contributed by atoms with Crippen LogP contribution >= 0.6 is 0 Å². The van der Waals surface area contributed by atoms with Crippen molar-refractivity contribution in [3.8, 4) is 0 Å². The van der Waals surface area contributed by atoms with Gasteiger partial charge in [0.25, 0.3) is 5.69 Å². The zero-order valence-corrected chi connectivity index (χ0v) is 21.2. The third kappa shape index (κ3) is 6.42. The molecule has 35 heavy (non-hydrogen) atoms. The molecular weight excluding hydrogens is 448 g/mol. The Hall–Kier alpha value is -2.88. The van der Waals surface area contributed by atoms with Gasteiger partial charge in [0, 0.05) is 31.7 Å². The second-order valence-electron chi connectivity index (χ2n) is 10.7. The average molecular weight is 487 g/mol. The van der Waals surface area contributed by atoms with Gasteiger partial charge in [0.1, 0.15) is 11.3 Å². The van der Waals surface area contributed by atoms with Crippen LogP contribution in [0.15, 0.2) is 18.3 Å². The van der Waals surface area contributed by atoms with E-state index in [1.54, 1.807) is 23.2 Å². The second-order valence-corrected chi connectivity index (χ2v) is 10.7. The number of anilines is 1. The van der Waals surface area contributed by atoms with Gasteiger partial charge in [-0.3, -0.25) is 14.8 Å². The summed E-state index contributed by atoms with van der Waals surface area (Å²) >= 11 is 0. The number of aromatic nitrogens is 2. The highest BCUT2D eigenvalue weighted by atomic mass is 16.6. The van der Waals surface area contributed by atoms with E-state index in [9.17, 15) is 14.9 Å². The van der Waals surface area contributed by atoms with Crippen molar-refractivity contribution in [3.63, 3.8) is 0 Å². The van der Waals surface area contributed by atoms with Crippen LogP contribution in [-0.2, 0) is 11.3 Å². The number of hydrogen-bond acceptors (Lipinski definition) is 7. The molecule has 1 amide bonds. The lowest BCUT2D eigenvalue weighted by Gasteiger charge is -2.29. The number of amides is 1. The number of carbonyl (C=O) groups excluding carboxylic acids is 1. The van der Waals surface area contributed by atoms with Crippen LogP contribution in [0.4, 0.5) is 16.2 Å². The molecule has 3 heterocycles. The maximum Gasteiger partial charge on any atom is 0.410 e. The van der Waals surface area contributed by atoms with Gasteiger partial charge in [0.15, 0.2) is 0 Å². The number of likely N-dealkylation sites (tertiary alicyclic amines) is 2. The van der Waals surface area contributed by atoms with E-state index in [0.29, 0.717) is 18.8 Å². The summed E-state index contributed by atoms with van der Waals surface area (Å²) in [5, 5.41) is 20.6. The van der Waals surface area contributed by atoms with Crippen LogP contribution in [0.3, 0.4) is 0 Å². The molecule has 1 aromatic heterocycles. The van der Waals surface area contributed by atoms with Gasteiger partial charge >= 0.3 is 6.09 Å². The first kappa shape index (κ1) is 25.2. The van der Waals surface area contributed by atoms with Crippen molar-refractivity contribution in [2.75, 3.05) is 38.0 Å². The van der Waals surface area contributed by atoms with E-state index in [1.165, 1.54) is 19.3 Å². The van der Waals surface area contributed by atoms with Crippen LogP contribution in [0.2, 0.25) is 0 Å². The minimum atomic E-state index is -0.570. The highest BCUT2D eigenvalue weighted by Crippen LogP contribution is 2.34. The fraction of sp³-hybridized carbons (Fsp3) is 0.680. The van der Waals surface area contributed by atoms with Crippen LogP contribution in [0, 0.1) is 10.1 Å². The Balaban J connectivity index is 1.54. The molecule has 192 valence electrons. The van der Waals surface area contributed by atoms with E-state index in [4.69, 9.17) is 4.74 Å². The van der Waals surface area contributed by atoms with Crippen molar-refractivity contribution in [2.24, 2.45) is 0 Å². The molecule has 2 fully saturated rings. The molecular formula is C25H38N6O4. The minimum absolute atomic E-state index is 0.0288. The molecule has 1 N–H and O–H groups in total. The molecule has 2 aromatic rings. The number of nitrogens with one attached hydrogen (secondary N) is 1. The van der Waals surface area contributed by atoms with E-state index in [2.05, 4.69) is 15.3 Å². The van der Waals surface area contributed by atoms with Gasteiger partial charge in [-0.1, -0.05) is 6.42 Å². The highest BCUT2D eigenvalue weighted by Gasteiger charge is 2.29. The quantitative estimate of drug-likeness (QED) is 0.469. The molecule has 0 radical (unpaired) electrons. The second kappa shape index (κ2) is 10.8. The topological polar surface area (TPSA) is 106 Å². The van der Waals surface area contributed by atoms with Gasteiger partial charge in [-0.05, 0) is 72.0 Å². The molecule has 2 aliphatic rings. The van der Waals surface area contributed by atoms with Crippen LogP contribution in [0.25, 0.3) is 10.9 Å². The number of carbonyl (C=O) groups is 1. The molecule has 0 bridgehead atoms. The molecule has 1 atom stereocenters. The number of rotatable bonds is 6. The predicted molar refractivity (Wildman–Crippen MR) is 136 cm³/mol. The van der Waals surface area contributed by atoms with Crippen LogP contribution < -0.4 is 5.32 Å². The number of benzene rings is 1. The maximum absolute atomic E-state index is 12.7. The van der Waals surface area contributed by atoms with Crippen molar-refractivity contribution in [3.05, 3.63) is 28.4 Å². The molecule has 1 aromatic carbocycles. The maximum atomic E-state index is 12.7. The SMILES string of the molecule is CC(C)(C)OC(=O)N1CCCC[C@@H](Nc2c([N+](=O)[O-])ccc3c2cnn3CCN2CCCCC2)C1. The Labute approximate surface area is 206 Å². The van der Waals surface area contributed by atoms with Gasteiger partial charge < -0.3 is 19.9 Å². The molecule has 4 rings (SSSR count). The first-order chi connectivity index (χ1) is 16.7. The molecule has 10 heteroatoms. The van der Waals surface area contributed by atoms with Crippen molar-refractivity contribution in [1.82, 2.24) is 19.6 Å². The summed E-state index contributed by atoms with van der Waals surface area (Å²) in [4.78, 5) is 28.4. The summed E-state index contributed by atoms with van der Waals surface area (Å²) in [6.45, 7) is 10.5. The minimum Gasteiger partial charge on any atom is -0.444 e. The summed E-state index contributed by atoms with van der Waals surface area (Å²) in [5.74, 6) is 0. The van der Waals surface area contributed by atoms with Crippen molar-refractivity contribution < 1.29 is 14.5 Å². The fourth-order valence-electron chi connectivity index (χ4n) is 5.00. The molecule has 0 spiro atoms. The molecule has 2 saturated heterocycles. The first-order valence-corrected chi connectivity index (χ1v) is 12.8. The summed E-state index contributed by atoms with van der Waals surface area (Å²) in [5.41, 5.74) is 0.820. The molecule has 0 unspecified atom stereocenters. The van der Waals surface area contributed by atoms with Crippen molar-refractivity contribution in [2.45, 2.75) is 77.5 Å². The van der Waals surface area contributed by atoms with Gasteiger partial charge in [0.2, 0.25) is 0 Å². The van der Waals surface area contributed by atoms with Gasteiger partial charge in [-0.15, -0.1) is 0 Å². The smallest absolute Gasteiger partial charge is 0.410 e. The largest absolute Gasteiger partial charge is 0.444 e. The predicted octanol–water partition coefficient (Wildman–Crippen LogP) is 4.63. The Kier molecular flexibility index (Phi) is 7.78. The van der Waals surface area contributed by atoms with Gasteiger partial charge in [-0.25, -0.2) is 4.79 Å². The standard InChI is InChI=1S/C25H38N6O4/c1-25(2,3)35-24(32)29-14-8-5-9-19(18-29)27-23-20-17-26-30(16-15-28-12-6-4-7-13-28)21(20)10-11-22(23)31(33)34/h10-11,17,19,27H,4-9,12-16,18H2,1-3H3/t19-/m1/s1. The summed E-state index contributed by atoms with van der Waals surface area (Å²) in [6, 6.07) is 3.24. The lowest BCUT2D eigenvalue weighted by molar-refractivity contribution is -0.383. The molecule has 0 aliphatic carbocycles. The van der Waals surface area contributed by atoms with Crippen molar-refractivity contribution >= 4 is 28.4 Å². The van der Waals surface area contributed by atoms with Crippen LogP contribution in [0.5, 0.6) is 0 Å². The number of nitro benzene ring substituents is 1. The van der Waals surface area contributed by atoms with Crippen molar-refractivity contribution in [1.29, 1.82) is 0 Å². The van der Waals surface area contributed by atoms with Gasteiger partial charge in [0.05, 0.1) is 28.6 Å². The van der Waals surface area contributed by atoms with Crippen LogP contribution in [-0.4, -0.2) is 75.0 Å². The van der Waals surface area contributed by atoms with E-state index in [1.807, 2.05) is 25.5 Å². The van der Waals surface area contributed by atoms with E-state index in [0.717, 1.165) is 56.3 Å². The average Bonchev–Trinajstić information content (AvgIpc) is 3.07. The normalized spacial score (nSPS) is 20.0. The first-order valence-electron chi connectivity index (χ1n) is 12.8. The number of fused-ring (bicyclic) bond motifs is 1. The Morgan fingerprint density at radius 1 is 1.14 bits per heavy atom. The fourth-order valence-corrected chi connectivity index (χ4v) is 5.00. The molecule has 10 nitrogen and oxygen atoms in total. The van der Waals surface area contributed by atoms with E-state index in [-0.39, 0.29) is 22.7 Å². The number of nitrogens with zero attached hydrogens (tertiary/aromatic N) is 5. The monoisotopic (exact) mass is 486 g/mol. The van der Waals surface area contributed by atoms with Gasteiger partial charge in [-0.2, -0.15) is 5.10 Å². The third-order valence-corrected chi connectivity index (χ3v) is 6.75. The summed E-state index contributed by atoms with van der Waals surface area (Å²) in [6.07, 6.45) is 7.77. The number of piperidine rings is 1. The lowest BCUT2D eigenvalue weighted by atomic mass is 10.1. The highest BCUT2D eigenvalue weighted by molar-refractivity contribution is 5.96. The Bertz CT molecular complexity index is 1040. The Morgan fingerprint density at radius 3 is 2.60 bits per heavy atom. The lowest BCUT2D eigenvalue weighted by Crippen LogP contribution is -2.42.